The second-order valence-corrected chi connectivity index (χ2v) is 6.42. The summed E-state index contributed by atoms with van der Waals surface area (Å²) in [6, 6.07) is -0.657. The van der Waals surface area contributed by atoms with Crippen molar-refractivity contribution in [1.82, 2.24) is 10.2 Å². The molecule has 2 N–H and O–H groups in total. The van der Waals surface area contributed by atoms with Gasteiger partial charge in [-0.05, 0) is 39.5 Å². The molecule has 0 bridgehead atoms. The van der Waals surface area contributed by atoms with Gasteiger partial charge in [0.1, 0.15) is 6.04 Å². The SMILES string of the molecule is CC1CCCN(C(=O)CCNC(C)(C)C)C1C(=O)O. The van der Waals surface area contributed by atoms with E-state index < -0.39 is 12.0 Å². The molecule has 0 aromatic heterocycles. The standard InChI is InChI=1S/C14H26N2O3/c1-10-6-5-9-16(12(10)13(18)19)11(17)7-8-15-14(2,3)4/h10,12,15H,5-9H2,1-4H3,(H,18,19). The maximum Gasteiger partial charge on any atom is 0.326 e. The molecule has 1 heterocycles. The van der Waals surface area contributed by atoms with Gasteiger partial charge in [-0.15, -0.1) is 0 Å². The van der Waals surface area contributed by atoms with Crippen LogP contribution >= 0.6 is 0 Å². The number of aliphatic carboxylic acids is 1. The molecule has 0 aromatic carbocycles. The minimum atomic E-state index is -0.885. The number of rotatable bonds is 4. The molecule has 110 valence electrons. The van der Waals surface area contributed by atoms with Gasteiger partial charge in [0.05, 0.1) is 0 Å². The molecule has 1 fully saturated rings. The van der Waals surface area contributed by atoms with Crippen LogP contribution in [0, 0.1) is 5.92 Å². The number of nitrogens with zero attached hydrogens (tertiary/aromatic N) is 1. The summed E-state index contributed by atoms with van der Waals surface area (Å²) in [4.78, 5) is 25.0. The first-order chi connectivity index (χ1) is 8.72. The summed E-state index contributed by atoms with van der Waals surface area (Å²) >= 11 is 0. The second kappa shape index (κ2) is 6.37. The molecule has 0 saturated carbocycles. The zero-order valence-corrected chi connectivity index (χ0v) is 12.4. The maximum absolute atomic E-state index is 12.2. The number of carbonyl (C=O) groups excluding carboxylic acids is 1. The fourth-order valence-electron chi connectivity index (χ4n) is 2.53. The highest BCUT2D eigenvalue weighted by Gasteiger charge is 2.36. The van der Waals surface area contributed by atoms with E-state index in [4.69, 9.17) is 0 Å². The van der Waals surface area contributed by atoms with Crippen molar-refractivity contribution in [2.24, 2.45) is 5.92 Å². The van der Waals surface area contributed by atoms with Crippen LogP contribution in [0.3, 0.4) is 0 Å². The first-order valence-electron chi connectivity index (χ1n) is 6.99. The van der Waals surface area contributed by atoms with Gasteiger partial charge in [0.2, 0.25) is 5.91 Å². The molecule has 1 aliphatic rings. The van der Waals surface area contributed by atoms with Crippen molar-refractivity contribution in [3.63, 3.8) is 0 Å². The second-order valence-electron chi connectivity index (χ2n) is 6.42. The van der Waals surface area contributed by atoms with Crippen molar-refractivity contribution in [3.8, 4) is 0 Å². The van der Waals surface area contributed by atoms with E-state index in [1.165, 1.54) is 0 Å². The van der Waals surface area contributed by atoms with Crippen molar-refractivity contribution in [2.45, 2.75) is 58.5 Å². The largest absolute Gasteiger partial charge is 0.480 e. The van der Waals surface area contributed by atoms with Crippen LogP contribution in [0.2, 0.25) is 0 Å². The zero-order valence-electron chi connectivity index (χ0n) is 12.4. The lowest BCUT2D eigenvalue weighted by Crippen LogP contribution is -2.52. The van der Waals surface area contributed by atoms with Crippen LogP contribution in [0.15, 0.2) is 0 Å². The molecule has 0 aliphatic carbocycles. The van der Waals surface area contributed by atoms with E-state index in [2.05, 4.69) is 5.32 Å². The van der Waals surface area contributed by atoms with E-state index in [0.29, 0.717) is 19.5 Å². The van der Waals surface area contributed by atoms with Crippen molar-refractivity contribution < 1.29 is 14.7 Å². The third-order valence-electron chi connectivity index (χ3n) is 3.50. The molecule has 5 heteroatoms. The van der Waals surface area contributed by atoms with Crippen LogP contribution < -0.4 is 5.32 Å². The monoisotopic (exact) mass is 270 g/mol. The Balaban J connectivity index is 2.56. The highest BCUT2D eigenvalue weighted by atomic mass is 16.4. The molecule has 2 atom stereocenters. The van der Waals surface area contributed by atoms with Gasteiger partial charge in [-0.1, -0.05) is 6.92 Å². The van der Waals surface area contributed by atoms with Crippen LogP contribution in [0.1, 0.15) is 47.0 Å². The Morgan fingerprint density at radius 2 is 2.00 bits per heavy atom. The number of hydrogen-bond donors (Lipinski definition) is 2. The van der Waals surface area contributed by atoms with Crippen molar-refractivity contribution >= 4 is 11.9 Å². The van der Waals surface area contributed by atoms with Gasteiger partial charge in [-0.25, -0.2) is 4.79 Å². The summed E-state index contributed by atoms with van der Waals surface area (Å²) in [6.45, 7) is 9.18. The summed E-state index contributed by atoms with van der Waals surface area (Å²) in [5, 5.41) is 12.5. The first kappa shape index (κ1) is 16.0. The van der Waals surface area contributed by atoms with Crippen LogP contribution in [0.25, 0.3) is 0 Å². The summed E-state index contributed by atoms with van der Waals surface area (Å²) in [6.07, 6.45) is 2.12. The first-order valence-corrected chi connectivity index (χ1v) is 6.99. The molecule has 5 nitrogen and oxygen atoms in total. The fraction of sp³-hybridized carbons (Fsp3) is 0.857. The lowest BCUT2D eigenvalue weighted by Gasteiger charge is -2.37. The average Bonchev–Trinajstić information content (AvgIpc) is 2.26. The van der Waals surface area contributed by atoms with Crippen LogP contribution in [-0.2, 0) is 9.59 Å². The van der Waals surface area contributed by atoms with E-state index in [1.807, 2.05) is 27.7 Å². The normalized spacial score (nSPS) is 24.3. The summed E-state index contributed by atoms with van der Waals surface area (Å²) < 4.78 is 0. The van der Waals surface area contributed by atoms with Gasteiger partial charge in [0, 0.05) is 25.0 Å². The quantitative estimate of drug-likeness (QED) is 0.812. The molecule has 1 amide bonds. The number of carboxylic acid groups (broad SMARTS) is 1. The summed E-state index contributed by atoms with van der Waals surface area (Å²) in [7, 11) is 0. The minimum Gasteiger partial charge on any atom is -0.480 e. The Kier molecular flexibility index (Phi) is 5.35. The molecular weight excluding hydrogens is 244 g/mol. The molecule has 2 unspecified atom stereocenters. The lowest BCUT2D eigenvalue weighted by atomic mass is 9.90. The fourth-order valence-corrected chi connectivity index (χ4v) is 2.53. The molecule has 0 spiro atoms. The third kappa shape index (κ3) is 4.82. The van der Waals surface area contributed by atoms with Crippen molar-refractivity contribution in [1.29, 1.82) is 0 Å². The number of nitrogens with one attached hydrogen (secondary N) is 1. The van der Waals surface area contributed by atoms with Gasteiger partial charge >= 0.3 is 5.97 Å². The average molecular weight is 270 g/mol. The Labute approximate surface area is 115 Å². The van der Waals surface area contributed by atoms with Crippen molar-refractivity contribution in [2.75, 3.05) is 13.1 Å². The molecule has 19 heavy (non-hydrogen) atoms. The number of amides is 1. The van der Waals surface area contributed by atoms with E-state index in [1.54, 1.807) is 4.90 Å². The summed E-state index contributed by atoms with van der Waals surface area (Å²) in [5.41, 5.74) is -0.0261. The van der Waals surface area contributed by atoms with Crippen LogP contribution in [-0.4, -0.2) is 46.6 Å². The number of carbonyl (C=O) groups is 2. The molecule has 1 aliphatic heterocycles. The molecule has 0 radical (unpaired) electrons. The van der Waals surface area contributed by atoms with E-state index >= 15 is 0 Å². The highest BCUT2D eigenvalue weighted by Crippen LogP contribution is 2.24. The molecular formula is C14H26N2O3. The Morgan fingerprint density at radius 3 is 2.53 bits per heavy atom. The molecule has 1 saturated heterocycles. The number of carboxylic acids is 1. The summed E-state index contributed by atoms with van der Waals surface area (Å²) in [5.74, 6) is -0.911. The van der Waals surface area contributed by atoms with Gasteiger partial charge in [0.15, 0.2) is 0 Å². The minimum absolute atomic E-state index is 0.0261. The van der Waals surface area contributed by atoms with Gasteiger partial charge in [0.25, 0.3) is 0 Å². The van der Waals surface area contributed by atoms with E-state index in [9.17, 15) is 14.7 Å². The van der Waals surface area contributed by atoms with Crippen molar-refractivity contribution in [3.05, 3.63) is 0 Å². The highest BCUT2D eigenvalue weighted by molar-refractivity contribution is 5.84. The van der Waals surface area contributed by atoms with Crippen LogP contribution in [0.5, 0.6) is 0 Å². The zero-order chi connectivity index (χ0) is 14.6. The topological polar surface area (TPSA) is 69.6 Å². The van der Waals surface area contributed by atoms with E-state index in [-0.39, 0.29) is 17.4 Å². The number of piperidine rings is 1. The van der Waals surface area contributed by atoms with E-state index in [0.717, 1.165) is 12.8 Å². The smallest absolute Gasteiger partial charge is 0.326 e. The number of likely N-dealkylation sites (tertiary alicyclic amines) is 1. The van der Waals surface area contributed by atoms with Crippen LogP contribution in [0.4, 0.5) is 0 Å². The molecule has 0 aromatic rings. The van der Waals surface area contributed by atoms with Gasteiger partial charge in [-0.3, -0.25) is 4.79 Å². The van der Waals surface area contributed by atoms with Gasteiger partial charge in [-0.2, -0.15) is 0 Å². The Bertz CT molecular complexity index is 336. The third-order valence-corrected chi connectivity index (χ3v) is 3.50. The predicted octanol–water partition coefficient (Wildman–Crippen LogP) is 1.48. The Hall–Kier alpha value is -1.10. The predicted molar refractivity (Wildman–Crippen MR) is 73.9 cm³/mol. The maximum atomic E-state index is 12.2. The lowest BCUT2D eigenvalue weighted by molar-refractivity contribution is -0.154. The Morgan fingerprint density at radius 1 is 1.37 bits per heavy atom. The van der Waals surface area contributed by atoms with Gasteiger partial charge < -0.3 is 15.3 Å². The number of hydrogen-bond acceptors (Lipinski definition) is 3. The molecule has 1 rings (SSSR count).